The van der Waals surface area contributed by atoms with Gasteiger partial charge in [-0.2, -0.15) is 0 Å². The van der Waals surface area contributed by atoms with Gasteiger partial charge in [-0.3, -0.25) is 4.99 Å². The number of H-pyrrole nitrogens is 1. The van der Waals surface area contributed by atoms with E-state index in [0.29, 0.717) is 0 Å². The molecule has 134 valence electrons. The molecule has 1 aliphatic rings. The van der Waals surface area contributed by atoms with Crippen molar-refractivity contribution < 1.29 is 4.74 Å². The van der Waals surface area contributed by atoms with Crippen LogP contribution in [0.15, 0.2) is 59.7 Å². The molecule has 0 radical (unpaired) electrons. The molecule has 0 fully saturated rings. The predicted octanol–water partition coefficient (Wildman–Crippen LogP) is 2.88. The summed E-state index contributed by atoms with van der Waals surface area (Å²) in [7, 11) is 1.80. The fraction of sp³-hybridized carbons (Fsp3) is 0.286. The number of hydrogen-bond donors (Lipinski definition) is 3. The molecule has 26 heavy (non-hydrogen) atoms. The lowest BCUT2D eigenvalue weighted by atomic mass is 10.1. The minimum Gasteiger partial charge on any atom is -0.488 e. The number of hydrogen-bond acceptors (Lipinski definition) is 2. The van der Waals surface area contributed by atoms with Gasteiger partial charge >= 0.3 is 0 Å². The van der Waals surface area contributed by atoms with E-state index in [1.54, 1.807) is 7.05 Å². The molecule has 5 heteroatoms. The first-order valence-electron chi connectivity index (χ1n) is 9.07. The highest BCUT2D eigenvalue weighted by Gasteiger charge is 2.22. The van der Waals surface area contributed by atoms with Crippen LogP contribution >= 0.6 is 0 Å². The summed E-state index contributed by atoms with van der Waals surface area (Å²) in [6, 6.07) is 16.6. The van der Waals surface area contributed by atoms with Crippen LogP contribution in [0.2, 0.25) is 0 Å². The number of aromatic nitrogens is 1. The molecule has 0 aliphatic carbocycles. The summed E-state index contributed by atoms with van der Waals surface area (Å²) in [5, 5.41) is 8.04. The molecule has 0 saturated heterocycles. The van der Waals surface area contributed by atoms with Gasteiger partial charge in [0.2, 0.25) is 0 Å². The fourth-order valence-corrected chi connectivity index (χ4v) is 3.45. The van der Waals surface area contributed by atoms with Crippen molar-refractivity contribution in [3.8, 4) is 5.75 Å². The van der Waals surface area contributed by atoms with Crippen LogP contribution in [-0.4, -0.2) is 37.2 Å². The van der Waals surface area contributed by atoms with Gasteiger partial charge in [0.05, 0.1) is 6.54 Å². The number of nitrogens with zero attached hydrogens (tertiary/aromatic N) is 1. The van der Waals surface area contributed by atoms with Crippen LogP contribution in [0.4, 0.5) is 0 Å². The van der Waals surface area contributed by atoms with Crippen LogP contribution in [0, 0.1) is 0 Å². The van der Waals surface area contributed by atoms with Crippen LogP contribution in [0.3, 0.4) is 0 Å². The Morgan fingerprint density at radius 2 is 2.00 bits per heavy atom. The Hall–Kier alpha value is -2.95. The summed E-state index contributed by atoms with van der Waals surface area (Å²) in [6.45, 7) is 1.56. The Labute approximate surface area is 153 Å². The maximum atomic E-state index is 5.96. The quantitative estimate of drug-likeness (QED) is 0.491. The zero-order chi connectivity index (χ0) is 17.8. The third kappa shape index (κ3) is 3.52. The number of guanidine groups is 1. The molecular formula is C21H24N4O. The maximum absolute atomic E-state index is 5.96. The predicted molar refractivity (Wildman–Crippen MR) is 106 cm³/mol. The topological polar surface area (TPSA) is 61.4 Å². The second kappa shape index (κ2) is 7.52. The third-order valence-corrected chi connectivity index (χ3v) is 4.80. The van der Waals surface area contributed by atoms with Crippen LogP contribution < -0.4 is 15.4 Å². The van der Waals surface area contributed by atoms with Crippen molar-refractivity contribution in [1.29, 1.82) is 0 Å². The highest BCUT2D eigenvalue weighted by Crippen LogP contribution is 2.27. The number of aliphatic imine (C=N–C) groups is 1. The van der Waals surface area contributed by atoms with E-state index in [0.717, 1.165) is 37.6 Å². The van der Waals surface area contributed by atoms with Crippen LogP contribution in [0.1, 0.15) is 11.1 Å². The second-order valence-electron chi connectivity index (χ2n) is 6.54. The minimum atomic E-state index is 0.152. The molecule has 2 heterocycles. The summed E-state index contributed by atoms with van der Waals surface area (Å²) in [4.78, 5) is 7.63. The molecule has 1 atom stereocenters. The summed E-state index contributed by atoms with van der Waals surface area (Å²) in [6.07, 6.45) is 4.12. The van der Waals surface area contributed by atoms with Gasteiger partial charge in [0.25, 0.3) is 0 Å². The van der Waals surface area contributed by atoms with Gasteiger partial charge in [0.15, 0.2) is 5.96 Å². The molecule has 2 aromatic carbocycles. The van der Waals surface area contributed by atoms with E-state index in [4.69, 9.17) is 4.74 Å². The highest BCUT2D eigenvalue weighted by atomic mass is 16.5. The molecule has 1 unspecified atom stereocenters. The zero-order valence-electron chi connectivity index (χ0n) is 15.0. The Balaban J connectivity index is 1.25. The van der Waals surface area contributed by atoms with Gasteiger partial charge in [-0.15, -0.1) is 0 Å². The molecule has 3 aromatic rings. The molecular weight excluding hydrogens is 324 g/mol. The van der Waals surface area contributed by atoms with E-state index in [1.165, 1.54) is 22.0 Å². The van der Waals surface area contributed by atoms with Crippen molar-refractivity contribution in [2.75, 3.05) is 20.1 Å². The van der Waals surface area contributed by atoms with E-state index in [2.05, 4.69) is 63.2 Å². The smallest absolute Gasteiger partial charge is 0.191 e. The van der Waals surface area contributed by atoms with E-state index in [-0.39, 0.29) is 6.10 Å². The Bertz CT molecular complexity index is 890. The van der Waals surface area contributed by atoms with Crippen LogP contribution in [-0.2, 0) is 12.8 Å². The van der Waals surface area contributed by atoms with Crippen LogP contribution in [0.25, 0.3) is 10.9 Å². The molecule has 0 bridgehead atoms. The number of rotatable bonds is 5. The molecule has 5 nitrogen and oxygen atoms in total. The van der Waals surface area contributed by atoms with E-state index < -0.39 is 0 Å². The number of aromatic amines is 1. The third-order valence-electron chi connectivity index (χ3n) is 4.80. The van der Waals surface area contributed by atoms with E-state index in [9.17, 15) is 0 Å². The van der Waals surface area contributed by atoms with Gasteiger partial charge < -0.3 is 20.4 Å². The normalized spacial score (nSPS) is 16.3. The van der Waals surface area contributed by atoms with Crippen molar-refractivity contribution in [1.82, 2.24) is 15.6 Å². The van der Waals surface area contributed by atoms with Gasteiger partial charge in [-0.05, 0) is 29.7 Å². The minimum absolute atomic E-state index is 0.152. The molecule has 1 aliphatic heterocycles. The number of benzene rings is 2. The lowest BCUT2D eigenvalue weighted by Crippen LogP contribution is -2.42. The number of ether oxygens (including phenoxy) is 1. The SMILES string of the molecule is CN=C(NCCc1c[nH]c2ccccc12)NCC1Cc2ccccc2O1. The average Bonchev–Trinajstić information content (AvgIpc) is 3.28. The van der Waals surface area contributed by atoms with Gasteiger partial charge in [-0.1, -0.05) is 36.4 Å². The number of fused-ring (bicyclic) bond motifs is 2. The molecule has 0 spiro atoms. The second-order valence-corrected chi connectivity index (χ2v) is 6.54. The summed E-state index contributed by atoms with van der Waals surface area (Å²) >= 11 is 0. The van der Waals surface area contributed by atoms with Gasteiger partial charge in [0.1, 0.15) is 11.9 Å². The summed E-state index contributed by atoms with van der Waals surface area (Å²) in [5.41, 5.74) is 3.78. The summed E-state index contributed by atoms with van der Waals surface area (Å²) in [5.74, 6) is 1.81. The Morgan fingerprint density at radius 1 is 1.15 bits per heavy atom. The molecule has 4 rings (SSSR count). The van der Waals surface area contributed by atoms with Crippen molar-refractivity contribution in [3.05, 3.63) is 65.9 Å². The fourth-order valence-electron chi connectivity index (χ4n) is 3.45. The largest absolute Gasteiger partial charge is 0.488 e. The average molecular weight is 348 g/mol. The lowest BCUT2D eigenvalue weighted by Gasteiger charge is -2.15. The Morgan fingerprint density at radius 3 is 2.88 bits per heavy atom. The number of nitrogens with one attached hydrogen (secondary N) is 3. The van der Waals surface area contributed by atoms with Gasteiger partial charge in [0, 0.05) is 37.1 Å². The van der Waals surface area contributed by atoms with E-state index >= 15 is 0 Å². The molecule has 0 amide bonds. The van der Waals surface area contributed by atoms with Crippen molar-refractivity contribution in [2.45, 2.75) is 18.9 Å². The molecule has 3 N–H and O–H groups in total. The first-order chi connectivity index (χ1) is 12.8. The van der Waals surface area contributed by atoms with Crippen molar-refractivity contribution >= 4 is 16.9 Å². The van der Waals surface area contributed by atoms with Crippen LogP contribution in [0.5, 0.6) is 5.75 Å². The zero-order valence-corrected chi connectivity index (χ0v) is 15.0. The Kier molecular flexibility index (Phi) is 4.78. The van der Waals surface area contributed by atoms with Crippen molar-refractivity contribution in [2.24, 2.45) is 4.99 Å². The number of para-hydroxylation sites is 2. The highest BCUT2D eigenvalue weighted by molar-refractivity contribution is 5.83. The standard InChI is InChI=1S/C21H24N4O/c1-22-21(25-14-17-12-15-6-2-5-9-20(15)26-17)23-11-10-16-13-24-19-8-4-3-7-18(16)19/h2-9,13,17,24H,10-12,14H2,1H3,(H2,22,23,25). The first-order valence-corrected chi connectivity index (χ1v) is 9.07. The first kappa shape index (κ1) is 16.5. The summed E-state index contributed by atoms with van der Waals surface area (Å²) < 4.78 is 5.96. The van der Waals surface area contributed by atoms with Gasteiger partial charge in [-0.25, -0.2) is 0 Å². The molecule has 1 aromatic heterocycles. The molecule has 0 saturated carbocycles. The van der Waals surface area contributed by atoms with E-state index in [1.807, 2.05) is 12.1 Å². The van der Waals surface area contributed by atoms with Crippen molar-refractivity contribution in [3.63, 3.8) is 0 Å². The maximum Gasteiger partial charge on any atom is 0.191 e. The lowest BCUT2D eigenvalue weighted by molar-refractivity contribution is 0.235. The monoisotopic (exact) mass is 348 g/mol.